The van der Waals surface area contributed by atoms with Crippen LogP contribution < -0.4 is 5.53 Å². The first-order chi connectivity index (χ1) is 4.86. The van der Waals surface area contributed by atoms with E-state index in [1.165, 1.54) is 0 Å². The van der Waals surface area contributed by atoms with Crippen LogP contribution in [0.15, 0.2) is 29.4 Å². The molecule has 0 unspecified atom stereocenters. The third-order valence-corrected chi connectivity index (χ3v) is 1.16. The molecule has 0 aliphatic rings. The molecule has 2 heteroatoms. The predicted molar refractivity (Wildman–Crippen MR) is 38.4 cm³/mol. The van der Waals surface area contributed by atoms with Crippen LogP contribution in [0.3, 0.4) is 0 Å². The van der Waals surface area contributed by atoms with Crippen LogP contribution in [0.2, 0.25) is 0 Å². The average molecular weight is 131 g/mol. The van der Waals surface area contributed by atoms with Crippen molar-refractivity contribution in [3.8, 4) is 12.3 Å². The Morgan fingerprint density at radius 2 is 2.30 bits per heavy atom. The summed E-state index contributed by atoms with van der Waals surface area (Å²) in [6.07, 6.45) is 5.14. The highest BCUT2D eigenvalue weighted by atomic mass is 15.0. The number of terminal acetylenes is 1. The van der Waals surface area contributed by atoms with Gasteiger partial charge in [0.05, 0.1) is 0 Å². The summed E-state index contributed by atoms with van der Waals surface area (Å²) in [5.74, 6) is 2.49. The van der Waals surface area contributed by atoms with Gasteiger partial charge in [-0.1, -0.05) is 12.0 Å². The Morgan fingerprint density at radius 1 is 1.50 bits per heavy atom. The summed E-state index contributed by atoms with van der Waals surface area (Å²) >= 11 is 0. The van der Waals surface area contributed by atoms with Crippen molar-refractivity contribution in [1.82, 2.24) is 0 Å². The maximum absolute atomic E-state index is 5.14. The van der Waals surface area contributed by atoms with E-state index in [0.29, 0.717) is 5.69 Å². The van der Waals surface area contributed by atoms with Gasteiger partial charge < -0.3 is 0 Å². The Morgan fingerprint density at radius 3 is 2.90 bits per heavy atom. The highest BCUT2D eigenvalue weighted by Crippen LogP contribution is 2.10. The van der Waals surface area contributed by atoms with E-state index in [1.807, 2.05) is 12.1 Å². The first-order valence-corrected chi connectivity index (χ1v) is 2.84. The van der Waals surface area contributed by atoms with Crippen LogP contribution in [-0.2, 0) is 0 Å². The van der Waals surface area contributed by atoms with Crippen molar-refractivity contribution in [1.29, 1.82) is 0 Å². The van der Waals surface area contributed by atoms with Crippen molar-refractivity contribution in [3.05, 3.63) is 29.8 Å². The largest absolute Gasteiger partial charge is 0.152 e. The summed E-state index contributed by atoms with van der Waals surface area (Å²) in [5.41, 5.74) is 6.53. The summed E-state index contributed by atoms with van der Waals surface area (Å²) in [6, 6.07) is 7.19. The van der Waals surface area contributed by atoms with Gasteiger partial charge in [0.15, 0.2) is 0 Å². The molecule has 48 valence electrons. The van der Waals surface area contributed by atoms with E-state index in [1.54, 1.807) is 12.1 Å². The highest BCUT2D eigenvalue weighted by Gasteiger charge is 1.90. The minimum absolute atomic E-state index is 0.704. The minimum Gasteiger partial charge on any atom is -0.152 e. The predicted octanol–water partition coefficient (Wildman–Crippen LogP) is 0.511. The van der Waals surface area contributed by atoms with Gasteiger partial charge in [-0.2, -0.15) is 5.53 Å². The Hall–Kier alpha value is -1.62. The van der Waals surface area contributed by atoms with Gasteiger partial charge >= 0.3 is 0 Å². The molecule has 0 saturated carbocycles. The number of nitrogens with two attached hydrogens (primary N) is 1. The van der Waals surface area contributed by atoms with Crippen LogP contribution in [-0.4, -0.2) is 0 Å². The molecule has 0 atom stereocenters. The maximum Gasteiger partial charge on any atom is 0.131 e. The first-order valence-electron chi connectivity index (χ1n) is 2.84. The molecule has 1 aromatic carbocycles. The van der Waals surface area contributed by atoms with E-state index in [2.05, 4.69) is 11.0 Å². The highest BCUT2D eigenvalue weighted by molar-refractivity contribution is 5.44. The lowest BCUT2D eigenvalue weighted by atomic mass is 10.2. The molecular weight excluding hydrogens is 124 g/mol. The third-order valence-electron chi connectivity index (χ3n) is 1.16. The van der Waals surface area contributed by atoms with Gasteiger partial charge in [-0.15, -0.1) is 6.42 Å². The van der Waals surface area contributed by atoms with Gasteiger partial charge in [0, 0.05) is 5.56 Å². The van der Waals surface area contributed by atoms with E-state index in [0.717, 1.165) is 5.56 Å². The second kappa shape index (κ2) is 2.79. The van der Waals surface area contributed by atoms with Crippen LogP contribution >= 0.6 is 0 Å². The van der Waals surface area contributed by atoms with Crippen LogP contribution in [0.4, 0.5) is 5.69 Å². The Kier molecular flexibility index (Phi) is 1.81. The molecular formula is C8H7N2+. The van der Waals surface area contributed by atoms with Crippen molar-refractivity contribution in [2.75, 3.05) is 0 Å². The van der Waals surface area contributed by atoms with Crippen molar-refractivity contribution >= 4 is 5.69 Å². The van der Waals surface area contributed by atoms with E-state index in [4.69, 9.17) is 12.0 Å². The van der Waals surface area contributed by atoms with Crippen LogP contribution in [0.25, 0.3) is 0 Å². The number of nitrogens with zero attached hydrogens (tertiary/aromatic N) is 1. The molecule has 1 rings (SSSR count). The van der Waals surface area contributed by atoms with Gasteiger partial charge in [0.1, 0.15) is 5.69 Å². The van der Waals surface area contributed by atoms with Crippen LogP contribution in [0.1, 0.15) is 5.56 Å². The van der Waals surface area contributed by atoms with Gasteiger partial charge in [-0.25, -0.2) is 0 Å². The number of hydrogen-bond donors (Lipinski definition) is 1. The summed E-state index contributed by atoms with van der Waals surface area (Å²) in [5, 5.41) is 3.48. The molecule has 0 aliphatic heterocycles. The molecule has 0 aliphatic carbocycles. The maximum atomic E-state index is 5.14. The molecule has 0 amide bonds. The molecule has 2 N–H and O–H groups in total. The molecule has 0 heterocycles. The van der Waals surface area contributed by atoms with Crippen LogP contribution in [0.5, 0.6) is 0 Å². The molecule has 0 spiro atoms. The van der Waals surface area contributed by atoms with Crippen molar-refractivity contribution in [2.45, 2.75) is 0 Å². The quantitative estimate of drug-likeness (QED) is 0.426. The molecule has 0 aromatic heterocycles. The smallest absolute Gasteiger partial charge is 0.131 e. The van der Waals surface area contributed by atoms with Gasteiger partial charge in [-0.05, 0) is 23.3 Å². The molecule has 2 nitrogen and oxygen atoms in total. The first kappa shape index (κ1) is 6.50. The fourth-order valence-electron chi connectivity index (χ4n) is 0.676. The zero-order chi connectivity index (χ0) is 7.40. The summed E-state index contributed by atoms with van der Waals surface area (Å²) in [4.78, 5) is 0. The lowest BCUT2D eigenvalue weighted by Gasteiger charge is -1.87. The standard InChI is InChI=1S/C8H6N2/c1-2-7-4-3-5-8(6-7)10-9/h1,3-6,9H/p+1. The molecule has 0 fully saturated rings. The van der Waals surface area contributed by atoms with E-state index < -0.39 is 0 Å². The Labute approximate surface area is 59.4 Å². The molecule has 10 heavy (non-hydrogen) atoms. The molecule has 0 radical (unpaired) electrons. The van der Waals surface area contributed by atoms with Gasteiger partial charge in [0.2, 0.25) is 0 Å². The van der Waals surface area contributed by atoms with E-state index >= 15 is 0 Å². The monoisotopic (exact) mass is 131 g/mol. The summed E-state index contributed by atoms with van der Waals surface area (Å²) in [7, 11) is 0. The lowest BCUT2D eigenvalue weighted by Crippen LogP contribution is -2.21. The molecule has 1 aromatic rings. The van der Waals surface area contributed by atoms with Crippen molar-refractivity contribution in [2.24, 2.45) is 5.11 Å². The second-order valence-electron chi connectivity index (χ2n) is 1.82. The lowest BCUT2D eigenvalue weighted by molar-refractivity contribution is -0.210. The molecule has 0 saturated heterocycles. The summed E-state index contributed by atoms with van der Waals surface area (Å²) in [6.45, 7) is 0. The molecule has 0 bridgehead atoms. The van der Waals surface area contributed by atoms with Gasteiger partial charge in [-0.3, -0.25) is 0 Å². The number of benzene rings is 1. The van der Waals surface area contributed by atoms with Crippen molar-refractivity contribution < 1.29 is 5.53 Å². The van der Waals surface area contributed by atoms with E-state index in [9.17, 15) is 0 Å². The van der Waals surface area contributed by atoms with Gasteiger partial charge in [0.25, 0.3) is 0 Å². The number of hydrogen-bond acceptors (Lipinski definition) is 1. The Bertz CT molecular complexity index is 284. The minimum atomic E-state index is 0.704. The number of rotatable bonds is 1. The third kappa shape index (κ3) is 1.20. The normalized spacial score (nSPS) is 8.30. The van der Waals surface area contributed by atoms with Crippen LogP contribution in [0, 0.1) is 12.3 Å². The Balaban J connectivity index is 3.13. The zero-order valence-electron chi connectivity index (χ0n) is 5.41. The second-order valence-corrected chi connectivity index (χ2v) is 1.82. The zero-order valence-corrected chi connectivity index (χ0v) is 5.41. The fourth-order valence-corrected chi connectivity index (χ4v) is 0.676. The SMILES string of the molecule is C#Cc1cccc(N=[NH2+])c1. The summed E-state index contributed by atoms with van der Waals surface area (Å²) < 4.78 is 0. The topological polar surface area (TPSA) is 38.0 Å². The fraction of sp³-hybridized carbons (Fsp3) is 0. The van der Waals surface area contributed by atoms with Crippen molar-refractivity contribution in [3.63, 3.8) is 0 Å². The van der Waals surface area contributed by atoms with E-state index in [-0.39, 0.29) is 0 Å². The average Bonchev–Trinajstić information content (AvgIpc) is 2.05.